The minimum Gasteiger partial charge on any atom is -0.463 e. The molecule has 3 aliphatic heterocycles. The van der Waals surface area contributed by atoms with Crippen molar-refractivity contribution in [3.8, 4) is 11.8 Å². The molecule has 1 N–H and O–H groups in total. The number of esters is 1. The second-order valence-corrected chi connectivity index (χ2v) is 8.45. The van der Waals surface area contributed by atoms with Crippen LogP contribution in [0.15, 0.2) is 30.9 Å². The number of benzene rings is 1. The molecular weight excluding hydrogens is 378 g/mol. The van der Waals surface area contributed by atoms with Gasteiger partial charge in [0.15, 0.2) is 0 Å². The maximum Gasteiger partial charge on any atom is 0.306 e. The lowest BCUT2D eigenvalue weighted by atomic mass is 9.75. The molecule has 0 radical (unpaired) electrons. The number of aliphatic hydroxyl groups is 1. The summed E-state index contributed by atoms with van der Waals surface area (Å²) in [6.45, 7) is 9.34. The number of allylic oxidation sites excluding steroid dienone is 1. The summed E-state index contributed by atoms with van der Waals surface area (Å²) in [4.78, 5) is 14.3. The molecule has 4 rings (SSSR count). The van der Waals surface area contributed by atoms with Gasteiger partial charge in [-0.1, -0.05) is 37.0 Å². The third kappa shape index (κ3) is 5.51. The van der Waals surface area contributed by atoms with E-state index in [0.29, 0.717) is 26.0 Å². The van der Waals surface area contributed by atoms with E-state index in [1.54, 1.807) is 7.11 Å². The van der Waals surface area contributed by atoms with Gasteiger partial charge in [-0.15, -0.1) is 6.58 Å². The van der Waals surface area contributed by atoms with Crippen LogP contribution in [0.4, 0.5) is 0 Å². The summed E-state index contributed by atoms with van der Waals surface area (Å²) >= 11 is 0. The molecular formula is C25H33NO4. The highest BCUT2D eigenvalue weighted by Gasteiger charge is 2.44. The van der Waals surface area contributed by atoms with Gasteiger partial charge in [0.25, 0.3) is 0 Å². The molecule has 0 saturated carbocycles. The van der Waals surface area contributed by atoms with Gasteiger partial charge in [-0.25, -0.2) is 0 Å². The topological polar surface area (TPSA) is 59.0 Å². The zero-order valence-electron chi connectivity index (χ0n) is 18.2. The van der Waals surface area contributed by atoms with Crippen LogP contribution in [0.2, 0.25) is 0 Å². The summed E-state index contributed by atoms with van der Waals surface area (Å²) in [6, 6.07) is 6.11. The second-order valence-electron chi connectivity index (χ2n) is 8.45. The fourth-order valence-corrected chi connectivity index (χ4v) is 4.39. The SMILES string of the molecule is C=CCc1cc(C(C)CC(=O)OCCOC)ccc1C#CC1(O)CN2CCC1CC2. The monoisotopic (exact) mass is 411 g/mol. The van der Waals surface area contributed by atoms with E-state index in [-0.39, 0.29) is 24.4 Å². The Bertz CT molecular complexity index is 816. The van der Waals surface area contributed by atoms with Crippen LogP contribution in [0.1, 0.15) is 48.8 Å². The first-order valence-electron chi connectivity index (χ1n) is 10.8. The minimum atomic E-state index is -0.917. The highest BCUT2D eigenvalue weighted by Crippen LogP contribution is 2.35. The lowest BCUT2D eigenvalue weighted by Gasteiger charge is -2.47. The third-order valence-corrected chi connectivity index (χ3v) is 6.23. The van der Waals surface area contributed by atoms with Crippen molar-refractivity contribution >= 4 is 5.97 Å². The number of carbonyl (C=O) groups excluding carboxylic acids is 1. The van der Waals surface area contributed by atoms with Gasteiger partial charge in [0.1, 0.15) is 12.2 Å². The molecule has 1 aromatic carbocycles. The molecule has 0 amide bonds. The molecule has 2 unspecified atom stereocenters. The maximum atomic E-state index is 12.0. The van der Waals surface area contributed by atoms with Crippen LogP contribution in [0.25, 0.3) is 0 Å². The zero-order valence-corrected chi connectivity index (χ0v) is 18.2. The Kier molecular flexibility index (Phi) is 7.71. The normalized spacial score (nSPS) is 25.8. The predicted octanol–water partition coefficient (Wildman–Crippen LogP) is 2.91. The van der Waals surface area contributed by atoms with E-state index in [4.69, 9.17) is 9.47 Å². The molecule has 3 saturated heterocycles. The number of carbonyl (C=O) groups is 1. The Morgan fingerprint density at radius 2 is 2.17 bits per heavy atom. The molecule has 2 bridgehead atoms. The summed E-state index contributed by atoms with van der Waals surface area (Å²) < 4.78 is 10.1. The number of rotatable bonds is 8. The first-order valence-corrected chi connectivity index (χ1v) is 10.8. The molecule has 5 heteroatoms. The fourth-order valence-electron chi connectivity index (χ4n) is 4.39. The quantitative estimate of drug-likeness (QED) is 0.309. The molecule has 0 spiro atoms. The van der Waals surface area contributed by atoms with Crippen LogP contribution in [-0.2, 0) is 20.7 Å². The molecule has 3 heterocycles. The minimum absolute atomic E-state index is 0.0386. The van der Waals surface area contributed by atoms with E-state index in [9.17, 15) is 9.90 Å². The second kappa shape index (κ2) is 10.3. The Morgan fingerprint density at radius 3 is 2.80 bits per heavy atom. The Balaban J connectivity index is 1.73. The third-order valence-electron chi connectivity index (χ3n) is 6.23. The van der Waals surface area contributed by atoms with Crippen molar-refractivity contribution in [2.24, 2.45) is 5.92 Å². The molecule has 162 valence electrons. The fraction of sp³-hybridized carbons (Fsp3) is 0.560. The van der Waals surface area contributed by atoms with Gasteiger partial charge in [0.05, 0.1) is 13.0 Å². The first-order chi connectivity index (χ1) is 14.4. The van der Waals surface area contributed by atoms with E-state index < -0.39 is 5.60 Å². The van der Waals surface area contributed by atoms with E-state index in [2.05, 4.69) is 29.4 Å². The first kappa shape index (κ1) is 22.6. The Hall–Kier alpha value is -2.13. The molecule has 2 atom stereocenters. The van der Waals surface area contributed by atoms with Gasteiger partial charge in [0, 0.05) is 25.1 Å². The lowest BCUT2D eigenvalue weighted by molar-refractivity contribution is -0.145. The van der Waals surface area contributed by atoms with Gasteiger partial charge >= 0.3 is 5.97 Å². The predicted molar refractivity (Wildman–Crippen MR) is 117 cm³/mol. The molecule has 1 aromatic rings. The van der Waals surface area contributed by atoms with Gasteiger partial charge < -0.3 is 14.6 Å². The van der Waals surface area contributed by atoms with Crippen LogP contribution in [0.3, 0.4) is 0 Å². The molecule has 5 nitrogen and oxygen atoms in total. The van der Waals surface area contributed by atoms with Crippen LogP contribution in [-0.4, -0.2) is 61.5 Å². The summed E-state index contributed by atoms with van der Waals surface area (Å²) in [6.07, 6.45) is 4.90. The number of nitrogens with zero attached hydrogens (tertiary/aromatic N) is 1. The number of fused-ring (bicyclic) bond motifs is 3. The summed E-state index contributed by atoms with van der Waals surface area (Å²) in [5.41, 5.74) is 2.14. The highest BCUT2D eigenvalue weighted by atomic mass is 16.6. The van der Waals surface area contributed by atoms with Gasteiger partial charge in [-0.05, 0) is 55.5 Å². The van der Waals surface area contributed by atoms with Crippen LogP contribution < -0.4 is 0 Å². The van der Waals surface area contributed by atoms with E-state index in [0.717, 1.165) is 42.6 Å². The molecule has 0 aromatic heterocycles. The van der Waals surface area contributed by atoms with Crippen molar-refractivity contribution < 1.29 is 19.4 Å². The summed E-state index contributed by atoms with van der Waals surface area (Å²) in [5, 5.41) is 11.1. The largest absolute Gasteiger partial charge is 0.463 e. The molecule has 30 heavy (non-hydrogen) atoms. The van der Waals surface area contributed by atoms with Crippen molar-refractivity contribution in [1.82, 2.24) is 4.90 Å². The number of ether oxygens (including phenoxy) is 2. The van der Waals surface area contributed by atoms with E-state index in [1.165, 1.54) is 0 Å². The standard InChI is InChI=1S/C25H33NO4/c1-4-5-22-17-21(19(2)16-24(27)30-15-14-29-3)7-6-20(22)8-11-25(28)18-26-12-9-23(25)10-13-26/h4,6-7,17,19,23,28H,1,5,9-10,12-16,18H2,2-3H3. The average molecular weight is 412 g/mol. The van der Waals surface area contributed by atoms with Crippen molar-refractivity contribution in [2.45, 2.75) is 44.1 Å². The van der Waals surface area contributed by atoms with Gasteiger partial charge in [0.2, 0.25) is 0 Å². The van der Waals surface area contributed by atoms with Crippen molar-refractivity contribution in [3.63, 3.8) is 0 Å². The molecule has 3 aliphatic rings. The van der Waals surface area contributed by atoms with Crippen molar-refractivity contribution in [1.29, 1.82) is 0 Å². The van der Waals surface area contributed by atoms with Crippen LogP contribution in [0.5, 0.6) is 0 Å². The summed E-state index contributed by atoms with van der Waals surface area (Å²) in [7, 11) is 1.58. The van der Waals surface area contributed by atoms with Gasteiger partial charge in [-0.2, -0.15) is 0 Å². The van der Waals surface area contributed by atoms with Crippen LogP contribution in [0, 0.1) is 17.8 Å². The average Bonchev–Trinajstić information content (AvgIpc) is 2.74. The lowest BCUT2D eigenvalue weighted by Crippen LogP contribution is -2.58. The number of piperidine rings is 3. The van der Waals surface area contributed by atoms with E-state index >= 15 is 0 Å². The number of methoxy groups -OCH3 is 1. The van der Waals surface area contributed by atoms with Crippen LogP contribution >= 0.6 is 0 Å². The number of hydrogen-bond donors (Lipinski definition) is 1. The van der Waals surface area contributed by atoms with Crippen molar-refractivity contribution in [3.05, 3.63) is 47.5 Å². The van der Waals surface area contributed by atoms with Crippen molar-refractivity contribution in [2.75, 3.05) is 40.0 Å². The Labute approximate surface area is 180 Å². The maximum absolute atomic E-state index is 12.0. The van der Waals surface area contributed by atoms with Gasteiger partial charge in [-0.3, -0.25) is 9.69 Å². The molecule has 0 aliphatic carbocycles. The Morgan fingerprint density at radius 1 is 1.40 bits per heavy atom. The highest BCUT2D eigenvalue weighted by molar-refractivity contribution is 5.70. The molecule has 3 fully saturated rings. The number of hydrogen-bond acceptors (Lipinski definition) is 5. The summed E-state index contributed by atoms with van der Waals surface area (Å²) in [5.74, 6) is 6.53. The van der Waals surface area contributed by atoms with E-state index in [1.807, 2.05) is 25.1 Å². The zero-order chi connectivity index (χ0) is 21.6. The smallest absolute Gasteiger partial charge is 0.306 e.